The fourth-order valence-electron chi connectivity index (χ4n) is 3.77. The summed E-state index contributed by atoms with van der Waals surface area (Å²) < 4.78 is 1.27. The number of carbonyl (C=O) groups is 1. The Balaban J connectivity index is 1.60. The fraction of sp³-hybridized carbons (Fsp3) is 0.292. The number of nitrogens with zero attached hydrogens (tertiary/aromatic N) is 3. The Bertz CT molecular complexity index is 1090. The number of rotatable bonds is 4. The zero-order valence-electron chi connectivity index (χ0n) is 16.8. The van der Waals surface area contributed by atoms with Crippen LogP contribution in [0, 0.1) is 0 Å². The van der Waals surface area contributed by atoms with Gasteiger partial charge in [-0.3, -0.25) is 9.59 Å². The molecule has 1 aromatic heterocycles. The molecule has 1 aliphatic heterocycles. The zero-order chi connectivity index (χ0) is 20.4. The van der Waals surface area contributed by atoms with E-state index in [2.05, 4.69) is 31.1 Å². The predicted molar refractivity (Wildman–Crippen MR) is 115 cm³/mol. The van der Waals surface area contributed by atoms with Crippen molar-refractivity contribution in [1.29, 1.82) is 0 Å². The number of benzene rings is 2. The SMILES string of the molecule is CC(C)c1ccc2c(c1)CCCN2C(=O)Cn1nc(-c2ccccc2)ccc1=O. The number of hydrogen-bond acceptors (Lipinski definition) is 3. The van der Waals surface area contributed by atoms with Gasteiger partial charge in [0.2, 0.25) is 5.91 Å². The molecule has 0 atom stereocenters. The van der Waals surface area contributed by atoms with Crippen LogP contribution in [0.2, 0.25) is 0 Å². The van der Waals surface area contributed by atoms with Crippen molar-refractivity contribution in [2.24, 2.45) is 0 Å². The maximum atomic E-state index is 13.1. The van der Waals surface area contributed by atoms with E-state index < -0.39 is 0 Å². The molecule has 3 aromatic rings. The number of anilines is 1. The summed E-state index contributed by atoms with van der Waals surface area (Å²) in [5.41, 5.74) is 4.76. The molecule has 4 rings (SSSR count). The van der Waals surface area contributed by atoms with Crippen molar-refractivity contribution in [2.45, 2.75) is 39.2 Å². The summed E-state index contributed by atoms with van der Waals surface area (Å²) in [6.45, 7) is 4.95. The molecular weight excluding hydrogens is 362 g/mol. The van der Waals surface area contributed by atoms with Crippen LogP contribution in [-0.2, 0) is 17.8 Å². The van der Waals surface area contributed by atoms with Gasteiger partial charge in [-0.2, -0.15) is 5.10 Å². The number of amides is 1. The third-order valence-electron chi connectivity index (χ3n) is 5.41. The monoisotopic (exact) mass is 387 g/mol. The zero-order valence-corrected chi connectivity index (χ0v) is 16.8. The normalized spacial score (nSPS) is 13.4. The third-order valence-corrected chi connectivity index (χ3v) is 5.41. The summed E-state index contributed by atoms with van der Waals surface area (Å²) in [5.74, 6) is 0.345. The van der Waals surface area contributed by atoms with Gasteiger partial charge in [0, 0.05) is 23.9 Å². The Hall–Kier alpha value is -3.21. The van der Waals surface area contributed by atoms with Gasteiger partial charge in [-0.15, -0.1) is 0 Å². The standard InChI is InChI=1S/C24H25N3O2/c1-17(2)19-10-12-22-20(15-19)9-6-14-26(22)24(29)16-27-23(28)13-11-21(25-27)18-7-4-3-5-8-18/h3-5,7-8,10-13,15,17H,6,9,14,16H2,1-2H3. The van der Waals surface area contributed by atoms with Crippen LogP contribution in [0.1, 0.15) is 37.3 Å². The Kier molecular flexibility index (Phi) is 5.30. The predicted octanol–water partition coefficient (Wildman–Crippen LogP) is 4.01. The first-order chi connectivity index (χ1) is 14.0. The summed E-state index contributed by atoms with van der Waals surface area (Å²) in [7, 11) is 0. The van der Waals surface area contributed by atoms with E-state index in [1.807, 2.05) is 36.4 Å². The minimum Gasteiger partial charge on any atom is -0.311 e. The molecule has 1 amide bonds. The van der Waals surface area contributed by atoms with Gasteiger partial charge in [-0.1, -0.05) is 56.3 Å². The first-order valence-corrected chi connectivity index (χ1v) is 10.1. The van der Waals surface area contributed by atoms with Crippen molar-refractivity contribution in [3.05, 3.63) is 82.1 Å². The van der Waals surface area contributed by atoms with E-state index in [0.717, 1.165) is 24.1 Å². The molecule has 0 saturated heterocycles. The number of hydrogen-bond donors (Lipinski definition) is 0. The van der Waals surface area contributed by atoms with Crippen LogP contribution in [0.4, 0.5) is 5.69 Å². The average molecular weight is 387 g/mol. The summed E-state index contributed by atoms with van der Waals surface area (Å²) in [6, 6.07) is 19.2. The maximum absolute atomic E-state index is 13.1. The highest BCUT2D eigenvalue weighted by Crippen LogP contribution is 2.30. The van der Waals surface area contributed by atoms with Gasteiger partial charge in [-0.25, -0.2) is 4.68 Å². The lowest BCUT2D eigenvalue weighted by Crippen LogP contribution is -2.40. The molecule has 0 N–H and O–H groups in total. The van der Waals surface area contributed by atoms with E-state index >= 15 is 0 Å². The number of carbonyl (C=O) groups excluding carboxylic acids is 1. The fourth-order valence-corrected chi connectivity index (χ4v) is 3.77. The Morgan fingerprint density at radius 1 is 1.07 bits per heavy atom. The van der Waals surface area contributed by atoms with Gasteiger partial charge < -0.3 is 4.90 Å². The summed E-state index contributed by atoms with van der Waals surface area (Å²) in [4.78, 5) is 27.2. The molecule has 0 radical (unpaired) electrons. The van der Waals surface area contributed by atoms with E-state index in [1.54, 1.807) is 11.0 Å². The highest BCUT2D eigenvalue weighted by molar-refractivity contribution is 5.94. The first-order valence-electron chi connectivity index (χ1n) is 10.1. The second-order valence-electron chi connectivity index (χ2n) is 7.77. The molecule has 0 spiro atoms. The molecule has 5 nitrogen and oxygen atoms in total. The second kappa shape index (κ2) is 8.03. The van der Waals surface area contributed by atoms with Crippen molar-refractivity contribution in [2.75, 3.05) is 11.4 Å². The molecule has 29 heavy (non-hydrogen) atoms. The van der Waals surface area contributed by atoms with Crippen molar-refractivity contribution < 1.29 is 4.79 Å². The van der Waals surface area contributed by atoms with E-state index in [4.69, 9.17) is 0 Å². The second-order valence-corrected chi connectivity index (χ2v) is 7.77. The van der Waals surface area contributed by atoms with Crippen LogP contribution in [0.3, 0.4) is 0 Å². The van der Waals surface area contributed by atoms with Gasteiger partial charge in [0.15, 0.2) is 0 Å². The van der Waals surface area contributed by atoms with Crippen LogP contribution in [0.25, 0.3) is 11.3 Å². The molecule has 148 valence electrons. The number of aromatic nitrogens is 2. The molecule has 0 saturated carbocycles. The highest BCUT2D eigenvalue weighted by Gasteiger charge is 2.23. The minimum atomic E-state index is -0.273. The van der Waals surface area contributed by atoms with Crippen molar-refractivity contribution in [1.82, 2.24) is 9.78 Å². The largest absolute Gasteiger partial charge is 0.311 e. The van der Waals surface area contributed by atoms with E-state index in [1.165, 1.54) is 21.9 Å². The van der Waals surface area contributed by atoms with Gasteiger partial charge in [0.25, 0.3) is 5.56 Å². The minimum absolute atomic E-state index is 0.0646. The molecule has 0 bridgehead atoms. The molecule has 0 fully saturated rings. The van der Waals surface area contributed by atoms with Gasteiger partial charge >= 0.3 is 0 Å². The van der Waals surface area contributed by atoms with Crippen LogP contribution in [0.5, 0.6) is 0 Å². The van der Waals surface area contributed by atoms with Crippen molar-refractivity contribution in [3.8, 4) is 11.3 Å². The molecule has 2 heterocycles. The Morgan fingerprint density at radius 2 is 1.86 bits per heavy atom. The highest BCUT2D eigenvalue weighted by atomic mass is 16.2. The smallest absolute Gasteiger partial charge is 0.267 e. The number of fused-ring (bicyclic) bond motifs is 1. The lowest BCUT2D eigenvalue weighted by molar-refractivity contribution is -0.119. The summed E-state index contributed by atoms with van der Waals surface area (Å²) >= 11 is 0. The van der Waals surface area contributed by atoms with Crippen molar-refractivity contribution in [3.63, 3.8) is 0 Å². The van der Waals surface area contributed by atoms with E-state index in [9.17, 15) is 9.59 Å². The third kappa shape index (κ3) is 3.99. The Morgan fingerprint density at radius 3 is 2.62 bits per heavy atom. The molecule has 0 unspecified atom stereocenters. The molecule has 1 aliphatic rings. The lowest BCUT2D eigenvalue weighted by atomic mass is 9.95. The topological polar surface area (TPSA) is 55.2 Å². The number of aryl methyl sites for hydroxylation is 1. The van der Waals surface area contributed by atoms with Crippen LogP contribution >= 0.6 is 0 Å². The molecule has 5 heteroatoms. The molecule has 2 aromatic carbocycles. The van der Waals surface area contributed by atoms with Crippen LogP contribution in [-0.4, -0.2) is 22.2 Å². The lowest BCUT2D eigenvalue weighted by Gasteiger charge is -2.30. The quantitative estimate of drug-likeness (QED) is 0.680. The van der Waals surface area contributed by atoms with Gasteiger partial charge in [-0.05, 0) is 42.0 Å². The van der Waals surface area contributed by atoms with Gasteiger partial charge in [0.1, 0.15) is 6.54 Å². The van der Waals surface area contributed by atoms with E-state index in [0.29, 0.717) is 18.2 Å². The van der Waals surface area contributed by atoms with Gasteiger partial charge in [0.05, 0.1) is 5.69 Å². The summed E-state index contributed by atoms with van der Waals surface area (Å²) in [6.07, 6.45) is 1.90. The maximum Gasteiger partial charge on any atom is 0.267 e. The van der Waals surface area contributed by atoms with Crippen LogP contribution in [0.15, 0.2) is 65.5 Å². The molecule has 0 aliphatic carbocycles. The van der Waals surface area contributed by atoms with Crippen molar-refractivity contribution >= 4 is 11.6 Å². The van der Waals surface area contributed by atoms with Crippen LogP contribution < -0.4 is 10.5 Å². The summed E-state index contributed by atoms with van der Waals surface area (Å²) in [5, 5.41) is 4.43. The first kappa shape index (κ1) is 19.1. The Labute approximate surface area is 170 Å². The average Bonchev–Trinajstić information content (AvgIpc) is 2.75. The molecular formula is C24H25N3O2. The van der Waals surface area contributed by atoms with E-state index in [-0.39, 0.29) is 18.0 Å².